The zero-order valence-electron chi connectivity index (χ0n) is 10.1. The molecule has 2 atom stereocenters. The summed E-state index contributed by atoms with van der Waals surface area (Å²) < 4.78 is 23.9. The number of amides is 1. The predicted octanol–water partition coefficient (Wildman–Crippen LogP) is -0.973. The minimum absolute atomic E-state index is 0.00164. The van der Waals surface area contributed by atoms with E-state index in [0.717, 1.165) is 25.5 Å². The van der Waals surface area contributed by atoms with Crippen molar-refractivity contribution in [2.24, 2.45) is 17.6 Å². The van der Waals surface area contributed by atoms with E-state index in [-0.39, 0.29) is 24.3 Å². The van der Waals surface area contributed by atoms with Gasteiger partial charge in [0.1, 0.15) is 0 Å². The van der Waals surface area contributed by atoms with Crippen LogP contribution in [0.3, 0.4) is 0 Å². The molecule has 6 nitrogen and oxygen atoms in total. The molecular weight excluding hydrogens is 242 g/mol. The van der Waals surface area contributed by atoms with Gasteiger partial charge in [-0.05, 0) is 25.3 Å². The molecule has 0 heterocycles. The van der Waals surface area contributed by atoms with E-state index in [0.29, 0.717) is 13.1 Å². The minimum atomic E-state index is -3.18. The first-order valence-electron chi connectivity index (χ1n) is 5.86. The molecule has 0 aromatic heterocycles. The number of nitrogens with one attached hydrogen (secondary N) is 2. The SMILES string of the molecule is CS(=O)(=O)NCCNC(=O)C1CCCC1CN. The van der Waals surface area contributed by atoms with E-state index in [2.05, 4.69) is 10.0 Å². The molecule has 4 N–H and O–H groups in total. The number of carbonyl (C=O) groups is 1. The van der Waals surface area contributed by atoms with Gasteiger partial charge in [-0.1, -0.05) is 6.42 Å². The number of sulfonamides is 1. The molecule has 100 valence electrons. The van der Waals surface area contributed by atoms with Crippen molar-refractivity contribution in [3.63, 3.8) is 0 Å². The molecule has 1 saturated carbocycles. The number of carbonyl (C=O) groups excluding carboxylic acids is 1. The summed E-state index contributed by atoms with van der Waals surface area (Å²) in [6.07, 6.45) is 4.03. The van der Waals surface area contributed by atoms with Crippen LogP contribution in [0.25, 0.3) is 0 Å². The Labute approximate surface area is 102 Å². The van der Waals surface area contributed by atoms with Gasteiger partial charge in [-0.3, -0.25) is 4.79 Å². The fourth-order valence-electron chi connectivity index (χ4n) is 2.22. The Hall–Kier alpha value is -0.660. The molecule has 1 aliphatic rings. The number of hydrogen-bond acceptors (Lipinski definition) is 4. The fraction of sp³-hybridized carbons (Fsp3) is 0.900. The smallest absolute Gasteiger partial charge is 0.223 e. The lowest BCUT2D eigenvalue weighted by Crippen LogP contribution is -2.39. The number of rotatable bonds is 6. The van der Waals surface area contributed by atoms with Crippen LogP contribution in [-0.2, 0) is 14.8 Å². The Kier molecular flexibility index (Phi) is 5.35. The lowest BCUT2D eigenvalue weighted by atomic mass is 9.95. The first kappa shape index (κ1) is 14.4. The van der Waals surface area contributed by atoms with Crippen molar-refractivity contribution in [3.8, 4) is 0 Å². The van der Waals surface area contributed by atoms with Crippen molar-refractivity contribution in [3.05, 3.63) is 0 Å². The third kappa shape index (κ3) is 5.01. The summed E-state index contributed by atoms with van der Waals surface area (Å²) in [5, 5.41) is 2.74. The van der Waals surface area contributed by atoms with Crippen LogP contribution >= 0.6 is 0 Å². The lowest BCUT2D eigenvalue weighted by Gasteiger charge is -2.17. The molecule has 1 aliphatic carbocycles. The van der Waals surface area contributed by atoms with Gasteiger partial charge in [-0.15, -0.1) is 0 Å². The van der Waals surface area contributed by atoms with Crippen LogP contribution in [0.4, 0.5) is 0 Å². The van der Waals surface area contributed by atoms with Crippen LogP contribution in [-0.4, -0.2) is 40.2 Å². The van der Waals surface area contributed by atoms with Crippen LogP contribution in [0.15, 0.2) is 0 Å². The topological polar surface area (TPSA) is 101 Å². The van der Waals surface area contributed by atoms with E-state index in [1.807, 2.05) is 0 Å². The Morgan fingerprint density at radius 3 is 2.65 bits per heavy atom. The summed E-state index contributed by atoms with van der Waals surface area (Å²) in [4.78, 5) is 11.8. The van der Waals surface area contributed by atoms with Gasteiger partial charge in [0, 0.05) is 19.0 Å². The molecule has 17 heavy (non-hydrogen) atoms. The van der Waals surface area contributed by atoms with Gasteiger partial charge in [-0.25, -0.2) is 13.1 Å². The maximum Gasteiger partial charge on any atom is 0.223 e. The van der Waals surface area contributed by atoms with E-state index < -0.39 is 10.0 Å². The van der Waals surface area contributed by atoms with Crippen molar-refractivity contribution in [2.75, 3.05) is 25.9 Å². The Morgan fingerprint density at radius 1 is 1.35 bits per heavy atom. The van der Waals surface area contributed by atoms with Gasteiger partial charge in [0.05, 0.1) is 6.26 Å². The molecule has 0 aromatic rings. The highest BCUT2D eigenvalue weighted by atomic mass is 32.2. The van der Waals surface area contributed by atoms with E-state index >= 15 is 0 Å². The first-order valence-corrected chi connectivity index (χ1v) is 7.75. The molecular formula is C10H21N3O3S. The van der Waals surface area contributed by atoms with Crippen LogP contribution < -0.4 is 15.8 Å². The third-order valence-corrected chi connectivity index (χ3v) is 3.82. The minimum Gasteiger partial charge on any atom is -0.355 e. The summed E-state index contributed by atoms with van der Waals surface area (Å²) in [5.41, 5.74) is 5.60. The second-order valence-electron chi connectivity index (χ2n) is 4.49. The van der Waals surface area contributed by atoms with Gasteiger partial charge in [0.2, 0.25) is 15.9 Å². The molecule has 0 aromatic carbocycles. The summed E-state index contributed by atoms with van der Waals surface area (Å²) in [6, 6.07) is 0. The van der Waals surface area contributed by atoms with Gasteiger partial charge < -0.3 is 11.1 Å². The Bertz CT molecular complexity index is 356. The van der Waals surface area contributed by atoms with Gasteiger partial charge >= 0.3 is 0 Å². The quantitative estimate of drug-likeness (QED) is 0.536. The van der Waals surface area contributed by atoms with Gasteiger partial charge in [0.15, 0.2) is 0 Å². The fourth-order valence-corrected chi connectivity index (χ4v) is 2.69. The largest absolute Gasteiger partial charge is 0.355 e. The molecule has 1 amide bonds. The highest BCUT2D eigenvalue weighted by molar-refractivity contribution is 7.88. The molecule has 0 saturated heterocycles. The molecule has 1 fully saturated rings. The van der Waals surface area contributed by atoms with E-state index in [1.54, 1.807) is 0 Å². The second kappa shape index (κ2) is 6.32. The summed E-state index contributed by atoms with van der Waals surface area (Å²) in [5.74, 6) is 0.268. The van der Waals surface area contributed by atoms with Crippen LogP contribution in [0.1, 0.15) is 19.3 Å². The summed E-state index contributed by atoms with van der Waals surface area (Å²) in [7, 11) is -3.18. The average molecular weight is 263 g/mol. The molecule has 0 bridgehead atoms. The van der Waals surface area contributed by atoms with Crippen molar-refractivity contribution < 1.29 is 13.2 Å². The standard InChI is InChI=1S/C10H21N3O3S/c1-17(15,16)13-6-5-12-10(14)9-4-2-3-8(9)7-11/h8-9,13H,2-7,11H2,1H3,(H,12,14). The molecule has 1 rings (SSSR count). The van der Waals surface area contributed by atoms with Crippen molar-refractivity contribution in [1.29, 1.82) is 0 Å². The number of nitrogens with two attached hydrogens (primary N) is 1. The second-order valence-corrected chi connectivity index (χ2v) is 6.32. The van der Waals surface area contributed by atoms with Crippen molar-refractivity contribution >= 4 is 15.9 Å². The molecule has 0 radical (unpaired) electrons. The zero-order valence-corrected chi connectivity index (χ0v) is 10.9. The van der Waals surface area contributed by atoms with Crippen molar-refractivity contribution in [1.82, 2.24) is 10.0 Å². The predicted molar refractivity (Wildman–Crippen MR) is 65.7 cm³/mol. The van der Waals surface area contributed by atoms with E-state index in [4.69, 9.17) is 5.73 Å². The number of hydrogen-bond donors (Lipinski definition) is 3. The monoisotopic (exact) mass is 263 g/mol. The Morgan fingerprint density at radius 2 is 2.06 bits per heavy atom. The molecule has 7 heteroatoms. The molecule has 0 aliphatic heterocycles. The van der Waals surface area contributed by atoms with E-state index in [9.17, 15) is 13.2 Å². The maximum atomic E-state index is 11.8. The van der Waals surface area contributed by atoms with Crippen LogP contribution in [0, 0.1) is 11.8 Å². The van der Waals surface area contributed by atoms with Gasteiger partial charge in [0.25, 0.3) is 0 Å². The Balaban J connectivity index is 2.25. The normalized spacial score (nSPS) is 24.8. The summed E-state index contributed by atoms with van der Waals surface area (Å²) >= 11 is 0. The first-order chi connectivity index (χ1) is 7.94. The van der Waals surface area contributed by atoms with E-state index in [1.165, 1.54) is 0 Å². The lowest BCUT2D eigenvalue weighted by molar-refractivity contribution is -0.125. The van der Waals surface area contributed by atoms with Crippen LogP contribution in [0.2, 0.25) is 0 Å². The maximum absolute atomic E-state index is 11.8. The average Bonchev–Trinajstić information content (AvgIpc) is 2.70. The summed E-state index contributed by atoms with van der Waals surface area (Å²) in [6.45, 7) is 1.09. The van der Waals surface area contributed by atoms with Crippen LogP contribution in [0.5, 0.6) is 0 Å². The molecule has 2 unspecified atom stereocenters. The molecule has 0 spiro atoms. The zero-order chi connectivity index (χ0) is 12.9. The highest BCUT2D eigenvalue weighted by Gasteiger charge is 2.31. The van der Waals surface area contributed by atoms with Gasteiger partial charge in [-0.2, -0.15) is 0 Å². The van der Waals surface area contributed by atoms with Crippen molar-refractivity contribution in [2.45, 2.75) is 19.3 Å². The third-order valence-electron chi connectivity index (χ3n) is 3.09. The highest BCUT2D eigenvalue weighted by Crippen LogP contribution is 2.30.